The number of aliphatic hydroxyl groups is 2. The van der Waals surface area contributed by atoms with Gasteiger partial charge in [0.2, 0.25) is 12.2 Å². The molecule has 0 spiro atoms. The van der Waals surface area contributed by atoms with Gasteiger partial charge in [-0.25, -0.2) is 19.6 Å². The first kappa shape index (κ1) is 28.4. The SMILES string of the molecule is O=C(O)CCC(=O)O.O=C=NCCCCCCN=C=O.OCCCCO. The Balaban J connectivity index is -0.000000328. The summed E-state index contributed by atoms with van der Waals surface area (Å²) in [5.41, 5.74) is 0. The molecule has 0 aliphatic heterocycles. The van der Waals surface area contributed by atoms with Gasteiger partial charge in [0, 0.05) is 13.2 Å². The summed E-state index contributed by atoms with van der Waals surface area (Å²) in [6, 6.07) is 0. The number of aliphatic hydroxyl groups excluding tert-OH is 2. The van der Waals surface area contributed by atoms with Crippen LogP contribution in [0.1, 0.15) is 51.4 Å². The van der Waals surface area contributed by atoms with E-state index in [-0.39, 0.29) is 26.1 Å². The molecular formula is C16H28N2O8. The lowest BCUT2D eigenvalue weighted by Crippen LogP contribution is -2.00. The van der Waals surface area contributed by atoms with E-state index in [1.807, 2.05) is 0 Å². The third kappa shape index (κ3) is 43.0. The van der Waals surface area contributed by atoms with Crippen molar-refractivity contribution < 1.29 is 39.6 Å². The van der Waals surface area contributed by atoms with Crippen molar-refractivity contribution in [3.05, 3.63) is 0 Å². The predicted molar refractivity (Wildman–Crippen MR) is 92.4 cm³/mol. The smallest absolute Gasteiger partial charge is 0.303 e. The first-order valence-corrected chi connectivity index (χ1v) is 8.18. The van der Waals surface area contributed by atoms with Crippen LogP contribution in [0.3, 0.4) is 0 Å². The van der Waals surface area contributed by atoms with Crippen LogP contribution in [0.5, 0.6) is 0 Å². The number of hydrogen-bond acceptors (Lipinski definition) is 8. The van der Waals surface area contributed by atoms with Crippen molar-refractivity contribution in [2.75, 3.05) is 26.3 Å². The first-order chi connectivity index (χ1) is 12.5. The molecule has 0 heterocycles. The molecule has 0 unspecified atom stereocenters. The maximum absolute atomic E-state index is 9.64. The van der Waals surface area contributed by atoms with Gasteiger partial charge in [-0.3, -0.25) is 9.59 Å². The molecule has 0 amide bonds. The summed E-state index contributed by atoms with van der Waals surface area (Å²) in [7, 11) is 0. The van der Waals surface area contributed by atoms with Crippen molar-refractivity contribution in [1.82, 2.24) is 0 Å². The molecular weight excluding hydrogens is 348 g/mol. The average molecular weight is 376 g/mol. The third-order valence-electron chi connectivity index (χ3n) is 2.54. The molecule has 0 saturated carbocycles. The average Bonchev–Trinajstić information content (AvgIpc) is 2.61. The van der Waals surface area contributed by atoms with Crippen molar-refractivity contribution in [2.24, 2.45) is 9.98 Å². The number of hydrogen-bond donors (Lipinski definition) is 4. The number of carboxylic acids is 2. The van der Waals surface area contributed by atoms with Crippen molar-refractivity contribution in [3.63, 3.8) is 0 Å². The zero-order chi connectivity index (χ0) is 20.5. The largest absolute Gasteiger partial charge is 0.481 e. The molecule has 4 N–H and O–H groups in total. The summed E-state index contributed by atoms with van der Waals surface area (Å²) in [6.07, 6.45) is 7.65. The standard InChI is InChI=1S/C8H12N2O2.C4H6O4.C4H10O2/c11-7-9-5-3-1-2-4-6-10-8-12;5-3(6)1-2-4(7)8;5-3-1-2-4-6/h1-6H2;1-2H2,(H,5,6)(H,7,8);5-6H,1-4H2. The van der Waals surface area contributed by atoms with Crippen LogP contribution in [0, 0.1) is 0 Å². The van der Waals surface area contributed by atoms with Gasteiger partial charge in [0.25, 0.3) is 0 Å². The fourth-order valence-corrected chi connectivity index (χ4v) is 1.26. The van der Waals surface area contributed by atoms with Gasteiger partial charge in [0.05, 0.1) is 25.9 Å². The Bertz CT molecular complexity index is 390. The fourth-order valence-electron chi connectivity index (χ4n) is 1.26. The van der Waals surface area contributed by atoms with E-state index < -0.39 is 11.9 Å². The van der Waals surface area contributed by atoms with E-state index in [1.165, 1.54) is 12.2 Å². The summed E-state index contributed by atoms with van der Waals surface area (Å²) < 4.78 is 0. The summed E-state index contributed by atoms with van der Waals surface area (Å²) in [5, 5.41) is 32.0. The number of aliphatic carboxylic acids is 2. The van der Waals surface area contributed by atoms with Crippen LogP contribution in [-0.4, -0.2) is 70.8 Å². The summed E-state index contributed by atoms with van der Waals surface area (Å²) in [4.78, 5) is 45.4. The van der Waals surface area contributed by atoms with E-state index in [0.717, 1.165) is 38.5 Å². The number of nitrogens with zero attached hydrogens (tertiary/aromatic N) is 2. The molecule has 150 valence electrons. The highest BCUT2D eigenvalue weighted by atomic mass is 16.4. The quantitative estimate of drug-likeness (QED) is 0.208. The van der Waals surface area contributed by atoms with Crippen LogP contribution in [-0.2, 0) is 19.2 Å². The molecule has 0 rings (SSSR count). The molecule has 26 heavy (non-hydrogen) atoms. The van der Waals surface area contributed by atoms with Crippen molar-refractivity contribution in [1.29, 1.82) is 0 Å². The minimum Gasteiger partial charge on any atom is -0.481 e. The zero-order valence-electron chi connectivity index (χ0n) is 14.8. The molecule has 0 aromatic rings. The number of carbonyl (C=O) groups is 2. The second-order valence-electron chi connectivity index (χ2n) is 4.80. The number of isocyanates is 2. The van der Waals surface area contributed by atoms with E-state index in [1.54, 1.807) is 0 Å². The highest BCUT2D eigenvalue weighted by Crippen LogP contribution is 1.99. The van der Waals surface area contributed by atoms with E-state index in [2.05, 4.69) is 9.98 Å². The van der Waals surface area contributed by atoms with Gasteiger partial charge in [-0.15, -0.1) is 0 Å². The van der Waals surface area contributed by atoms with Crippen LogP contribution in [0.15, 0.2) is 9.98 Å². The second kappa shape index (κ2) is 27.5. The van der Waals surface area contributed by atoms with E-state index in [0.29, 0.717) is 13.1 Å². The van der Waals surface area contributed by atoms with Gasteiger partial charge in [0.1, 0.15) is 0 Å². The molecule has 10 heteroatoms. The highest BCUT2D eigenvalue weighted by molar-refractivity contribution is 5.75. The van der Waals surface area contributed by atoms with E-state index in [9.17, 15) is 19.2 Å². The minimum atomic E-state index is -1.08. The molecule has 0 aliphatic rings. The Kier molecular flexibility index (Phi) is 30.0. The van der Waals surface area contributed by atoms with E-state index >= 15 is 0 Å². The molecule has 0 atom stereocenters. The topological polar surface area (TPSA) is 174 Å². The fraction of sp³-hybridized carbons (Fsp3) is 0.750. The predicted octanol–water partition coefficient (Wildman–Crippen LogP) is 0.905. The number of carbonyl (C=O) groups excluding carboxylic acids is 2. The van der Waals surface area contributed by atoms with Gasteiger partial charge in [-0.2, -0.15) is 0 Å². The third-order valence-corrected chi connectivity index (χ3v) is 2.54. The molecule has 0 aromatic carbocycles. The second-order valence-corrected chi connectivity index (χ2v) is 4.80. The maximum Gasteiger partial charge on any atom is 0.303 e. The Morgan fingerprint density at radius 1 is 0.654 bits per heavy atom. The normalized spacial score (nSPS) is 8.54. The van der Waals surface area contributed by atoms with Crippen LogP contribution in [0.25, 0.3) is 0 Å². The number of aliphatic imine (C=N–C) groups is 2. The maximum atomic E-state index is 9.64. The van der Waals surface area contributed by atoms with Gasteiger partial charge < -0.3 is 20.4 Å². The molecule has 10 nitrogen and oxygen atoms in total. The number of carboxylic acid groups (broad SMARTS) is 2. The van der Waals surface area contributed by atoms with Gasteiger partial charge in [0.15, 0.2) is 0 Å². The van der Waals surface area contributed by atoms with Crippen molar-refractivity contribution >= 4 is 24.1 Å². The molecule has 0 fully saturated rings. The summed E-state index contributed by atoms with van der Waals surface area (Å²) >= 11 is 0. The van der Waals surface area contributed by atoms with E-state index in [4.69, 9.17) is 20.4 Å². The lowest BCUT2D eigenvalue weighted by Gasteiger charge is -1.93. The highest BCUT2D eigenvalue weighted by Gasteiger charge is 2.00. The molecule has 0 aromatic heterocycles. The van der Waals surface area contributed by atoms with Gasteiger partial charge in [-0.1, -0.05) is 12.8 Å². The Morgan fingerprint density at radius 2 is 1.00 bits per heavy atom. The van der Waals surface area contributed by atoms with Crippen LogP contribution in [0.2, 0.25) is 0 Å². The van der Waals surface area contributed by atoms with Crippen LogP contribution in [0.4, 0.5) is 0 Å². The first-order valence-electron chi connectivity index (χ1n) is 8.18. The minimum absolute atomic E-state index is 0.195. The summed E-state index contributed by atoms with van der Waals surface area (Å²) in [5.74, 6) is -2.15. The Hall–Kier alpha value is -2.38. The van der Waals surface area contributed by atoms with Crippen LogP contribution >= 0.6 is 0 Å². The van der Waals surface area contributed by atoms with Gasteiger partial charge >= 0.3 is 11.9 Å². The lowest BCUT2D eigenvalue weighted by atomic mass is 10.2. The van der Waals surface area contributed by atoms with Crippen molar-refractivity contribution in [3.8, 4) is 0 Å². The van der Waals surface area contributed by atoms with Gasteiger partial charge in [-0.05, 0) is 25.7 Å². The Morgan fingerprint density at radius 3 is 1.23 bits per heavy atom. The molecule has 0 aliphatic carbocycles. The zero-order valence-corrected chi connectivity index (χ0v) is 14.8. The molecule has 0 saturated heterocycles. The Labute approximate surface area is 152 Å². The lowest BCUT2D eigenvalue weighted by molar-refractivity contribution is -0.143. The summed E-state index contributed by atoms with van der Waals surface area (Å²) in [6.45, 7) is 1.50. The monoisotopic (exact) mass is 376 g/mol. The van der Waals surface area contributed by atoms with Crippen LogP contribution < -0.4 is 0 Å². The number of unbranched alkanes of at least 4 members (excludes halogenated alkanes) is 4. The van der Waals surface area contributed by atoms with Crippen molar-refractivity contribution in [2.45, 2.75) is 51.4 Å². The number of rotatable bonds is 13. The molecule has 0 bridgehead atoms. The molecule has 0 radical (unpaired) electrons.